The zero-order valence-electron chi connectivity index (χ0n) is 15.2. The van der Waals surface area contributed by atoms with Gasteiger partial charge in [0, 0.05) is 6.04 Å². The van der Waals surface area contributed by atoms with Crippen LogP contribution in [0.4, 0.5) is 4.79 Å². The van der Waals surface area contributed by atoms with Gasteiger partial charge in [0.1, 0.15) is 17.7 Å². The Morgan fingerprint density at radius 2 is 1.88 bits per heavy atom. The molecule has 2 aliphatic heterocycles. The van der Waals surface area contributed by atoms with Gasteiger partial charge in [0.05, 0.1) is 0 Å². The van der Waals surface area contributed by atoms with E-state index >= 15 is 0 Å². The van der Waals surface area contributed by atoms with E-state index < -0.39 is 29.7 Å². The quantitative estimate of drug-likeness (QED) is 0.795. The molecule has 1 aliphatic carbocycles. The Labute approximate surface area is 148 Å². The lowest BCUT2D eigenvalue weighted by atomic mass is 9.87. The maximum Gasteiger partial charge on any atom is 0.408 e. The molecule has 1 saturated carbocycles. The molecule has 0 radical (unpaired) electrons. The van der Waals surface area contributed by atoms with E-state index in [0.29, 0.717) is 12.8 Å². The molecule has 3 fully saturated rings. The number of carboxylic acid groups (broad SMARTS) is 1. The molecule has 25 heavy (non-hydrogen) atoms. The average molecular weight is 352 g/mol. The van der Waals surface area contributed by atoms with Crippen molar-refractivity contribution in [2.75, 3.05) is 0 Å². The summed E-state index contributed by atoms with van der Waals surface area (Å²) in [6, 6.07) is -1.52. The Kier molecular flexibility index (Phi) is 4.45. The fraction of sp³-hybridized carbons (Fsp3) is 0.833. The van der Waals surface area contributed by atoms with Gasteiger partial charge >= 0.3 is 12.1 Å². The number of fused-ring (bicyclic) bond motifs is 1. The van der Waals surface area contributed by atoms with Crippen LogP contribution in [0.25, 0.3) is 0 Å². The number of rotatable bonds is 2. The van der Waals surface area contributed by atoms with Gasteiger partial charge in [-0.25, -0.2) is 9.59 Å². The number of amides is 2. The van der Waals surface area contributed by atoms with Gasteiger partial charge in [-0.15, -0.1) is 0 Å². The van der Waals surface area contributed by atoms with Gasteiger partial charge < -0.3 is 20.1 Å². The fourth-order valence-electron chi connectivity index (χ4n) is 4.23. The van der Waals surface area contributed by atoms with Crippen LogP contribution in [0.15, 0.2) is 0 Å². The van der Waals surface area contributed by atoms with Crippen molar-refractivity contribution in [3.05, 3.63) is 0 Å². The van der Waals surface area contributed by atoms with Crippen LogP contribution in [0.3, 0.4) is 0 Å². The van der Waals surface area contributed by atoms with Crippen molar-refractivity contribution in [2.45, 2.75) is 89.4 Å². The monoisotopic (exact) mass is 352 g/mol. The van der Waals surface area contributed by atoms with Crippen LogP contribution >= 0.6 is 0 Å². The predicted octanol–water partition coefficient (Wildman–Crippen LogP) is 2.29. The van der Waals surface area contributed by atoms with Crippen LogP contribution in [0.2, 0.25) is 0 Å². The molecule has 3 aliphatic rings. The minimum Gasteiger partial charge on any atom is -0.480 e. The van der Waals surface area contributed by atoms with Crippen LogP contribution in [-0.4, -0.2) is 51.7 Å². The highest BCUT2D eigenvalue weighted by Gasteiger charge is 2.52. The van der Waals surface area contributed by atoms with Crippen LogP contribution in [0, 0.1) is 5.41 Å². The molecule has 7 nitrogen and oxygen atoms in total. The Bertz CT molecular complexity index is 579. The first-order valence-electron chi connectivity index (χ1n) is 9.15. The second-order valence-electron chi connectivity index (χ2n) is 8.77. The largest absolute Gasteiger partial charge is 0.480 e. The number of carboxylic acids is 1. The van der Waals surface area contributed by atoms with Crippen LogP contribution < -0.4 is 5.32 Å². The summed E-state index contributed by atoms with van der Waals surface area (Å²) in [6.07, 6.45) is 5.16. The van der Waals surface area contributed by atoms with Gasteiger partial charge in [0.2, 0.25) is 5.91 Å². The van der Waals surface area contributed by atoms with Crippen molar-refractivity contribution in [3.8, 4) is 0 Å². The topological polar surface area (TPSA) is 95.9 Å². The number of nitrogens with one attached hydrogen (secondary N) is 1. The standard InChI is InChI=1S/C18H28N2O5/c1-17(2,3)25-16(24)19-12-6-7-18(8-9-18)10-11-4-5-13(15(22)23)20(11)14(12)21/h11-13H,4-10H2,1-3H3,(H,19,24)(H,22,23)/t11-,12+,13+/m1/s1. The summed E-state index contributed by atoms with van der Waals surface area (Å²) in [6.45, 7) is 5.30. The third kappa shape index (κ3) is 3.90. The predicted molar refractivity (Wildman–Crippen MR) is 90.0 cm³/mol. The molecule has 1 spiro atoms. The minimum absolute atomic E-state index is 0.0284. The number of ether oxygens (including phenoxy) is 1. The Morgan fingerprint density at radius 3 is 2.44 bits per heavy atom. The second kappa shape index (κ2) is 6.18. The summed E-state index contributed by atoms with van der Waals surface area (Å²) in [5.41, 5.74) is -0.420. The van der Waals surface area contributed by atoms with Gasteiger partial charge in [-0.05, 0) is 71.1 Å². The zero-order chi connectivity index (χ0) is 18.4. The van der Waals surface area contributed by atoms with Crippen molar-refractivity contribution in [1.29, 1.82) is 0 Å². The SMILES string of the molecule is CC(C)(C)OC(=O)N[C@H]1CCC2(CC2)C[C@H]2CC[C@@H](C(=O)O)N2C1=O. The van der Waals surface area contributed by atoms with E-state index in [2.05, 4.69) is 5.32 Å². The second-order valence-corrected chi connectivity index (χ2v) is 8.77. The van der Waals surface area contributed by atoms with Crippen molar-refractivity contribution in [2.24, 2.45) is 5.41 Å². The minimum atomic E-state index is -0.961. The number of hydrogen-bond donors (Lipinski definition) is 2. The summed E-state index contributed by atoms with van der Waals surface area (Å²) in [5, 5.41) is 12.2. The van der Waals surface area contributed by atoms with E-state index in [0.717, 1.165) is 32.1 Å². The van der Waals surface area contributed by atoms with Gasteiger partial charge in [-0.1, -0.05) is 0 Å². The molecule has 2 saturated heterocycles. The van der Waals surface area contributed by atoms with E-state index in [1.165, 1.54) is 4.90 Å². The van der Waals surface area contributed by atoms with E-state index in [1.807, 2.05) is 0 Å². The number of aliphatic carboxylic acids is 1. The third-order valence-electron chi connectivity index (χ3n) is 5.62. The molecule has 0 aromatic rings. The number of carbonyl (C=O) groups is 3. The third-order valence-corrected chi connectivity index (χ3v) is 5.62. The van der Waals surface area contributed by atoms with E-state index in [1.54, 1.807) is 20.8 Å². The maximum atomic E-state index is 13.0. The smallest absolute Gasteiger partial charge is 0.408 e. The molecule has 2 N–H and O–H groups in total. The van der Waals surface area contributed by atoms with E-state index in [-0.39, 0.29) is 17.4 Å². The summed E-state index contributed by atoms with van der Waals surface area (Å²) >= 11 is 0. The molecule has 2 heterocycles. The Hall–Kier alpha value is -1.79. The highest BCUT2D eigenvalue weighted by molar-refractivity contribution is 5.90. The van der Waals surface area contributed by atoms with Gasteiger partial charge in [0.15, 0.2) is 0 Å². The summed E-state index contributed by atoms with van der Waals surface area (Å²) in [5.74, 6) is -1.24. The molecule has 7 heteroatoms. The molecule has 0 unspecified atom stereocenters. The molecule has 3 atom stereocenters. The molecular formula is C18H28N2O5. The number of carbonyl (C=O) groups excluding carboxylic acids is 2. The van der Waals surface area contributed by atoms with Crippen molar-refractivity contribution < 1.29 is 24.2 Å². The molecule has 2 amide bonds. The average Bonchev–Trinajstić information content (AvgIpc) is 3.10. The van der Waals surface area contributed by atoms with E-state index in [9.17, 15) is 19.5 Å². The Balaban J connectivity index is 1.79. The lowest BCUT2D eigenvalue weighted by molar-refractivity contribution is -0.151. The van der Waals surface area contributed by atoms with Crippen molar-refractivity contribution in [3.63, 3.8) is 0 Å². The molecule has 140 valence electrons. The number of hydrogen-bond acceptors (Lipinski definition) is 4. The highest BCUT2D eigenvalue weighted by Crippen LogP contribution is 2.56. The summed E-state index contributed by atoms with van der Waals surface area (Å²) in [4.78, 5) is 38.3. The molecule has 0 aromatic heterocycles. The number of nitrogens with zero attached hydrogens (tertiary/aromatic N) is 1. The zero-order valence-corrected chi connectivity index (χ0v) is 15.2. The first-order valence-corrected chi connectivity index (χ1v) is 9.15. The van der Waals surface area contributed by atoms with Gasteiger partial charge in [-0.3, -0.25) is 4.79 Å². The Morgan fingerprint density at radius 1 is 1.20 bits per heavy atom. The van der Waals surface area contributed by atoms with Crippen LogP contribution in [0.5, 0.6) is 0 Å². The normalized spacial score (nSPS) is 31.1. The number of alkyl carbamates (subject to hydrolysis) is 1. The summed E-state index contributed by atoms with van der Waals surface area (Å²) in [7, 11) is 0. The van der Waals surface area contributed by atoms with Gasteiger partial charge in [-0.2, -0.15) is 0 Å². The highest BCUT2D eigenvalue weighted by atomic mass is 16.6. The first kappa shape index (κ1) is 18.0. The molecule has 3 rings (SSSR count). The van der Waals surface area contributed by atoms with Crippen molar-refractivity contribution in [1.82, 2.24) is 10.2 Å². The van der Waals surface area contributed by atoms with Gasteiger partial charge in [0.25, 0.3) is 0 Å². The lowest BCUT2D eigenvalue weighted by Gasteiger charge is -2.37. The van der Waals surface area contributed by atoms with Crippen molar-refractivity contribution >= 4 is 18.0 Å². The van der Waals surface area contributed by atoms with E-state index in [4.69, 9.17) is 4.74 Å². The maximum absolute atomic E-state index is 13.0. The molecular weight excluding hydrogens is 324 g/mol. The first-order chi connectivity index (χ1) is 11.6. The molecule has 0 aromatic carbocycles. The lowest BCUT2D eigenvalue weighted by Crippen LogP contribution is -2.56. The summed E-state index contributed by atoms with van der Waals surface area (Å²) < 4.78 is 5.28. The fourth-order valence-corrected chi connectivity index (χ4v) is 4.23. The molecule has 0 bridgehead atoms. The van der Waals surface area contributed by atoms with Crippen LogP contribution in [0.1, 0.15) is 65.7 Å². The van der Waals surface area contributed by atoms with Crippen LogP contribution in [-0.2, 0) is 14.3 Å².